The first-order chi connectivity index (χ1) is 7.51. The average Bonchev–Trinajstić information content (AvgIpc) is 2.17. The third-order valence-electron chi connectivity index (χ3n) is 1.85. The largest absolute Gasteiger partial charge is 0.478 e. The van der Waals surface area contributed by atoms with Crippen LogP contribution in [0.15, 0.2) is 11.6 Å². The molecule has 0 aromatic heterocycles. The highest BCUT2D eigenvalue weighted by molar-refractivity contribution is 7.80. The van der Waals surface area contributed by atoms with Gasteiger partial charge in [-0.15, -0.1) is 0 Å². The second kappa shape index (κ2) is 16.9. The molecule has 0 saturated heterocycles. The fraction of sp³-hybridized carbons (Fsp3) is 0.667. The lowest BCUT2D eigenvalue weighted by molar-refractivity contribution is -0.132. The van der Waals surface area contributed by atoms with Gasteiger partial charge >= 0.3 is 16.4 Å². The predicted octanol–water partition coefficient (Wildman–Crippen LogP) is -2.90. The summed E-state index contributed by atoms with van der Waals surface area (Å²) < 4.78 is 29.7. The van der Waals surface area contributed by atoms with Gasteiger partial charge in [-0.05, 0) is 27.9 Å². The van der Waals surface area contributed by atoms with E-state index in [1.165, 1.54) is 0 Å². The van der Waals surface area contributed by atoms with Crippen molar-refractivity contribution in [1.82, 2.24) is 4.90 Å². The third-order valence-corrected chi connectivity index (χ3v) is 2.27. The Kier molecular flexibility index (Phi) is 29.7. The maximum Gasteiger partial charge on any atom is 0.397 e. The van der Waals surface area contributed by atoms with E-state index in [1.54, 1.807) is 13.0 Å². The standard InChI is InChI=1S/C8H15NO2.CH4O4S.4H2O/c1-6(8(10)11)5-7(2)9(3)4;1-5-6(2,3)4;;;;/h5,7H,1-4H3,(H,10,11);1H3,(H,2,3,4);4*1H2. The first-order valence-electron chi connectivity index (χ1n) is 4.62. The van der Waals surface area contributed by atoms with Gasteiger partial charge in [0.2, 0.25) is 0 Å². The molecule has 134 valence electrons. The van der Waals surface area contributed by atoms with E-state index in [0.29, 0.717) is 5.57 Å². The van der Waals surface area contributed by atoms with Crippen LogP contribution in [-0.2, 0) is 19.4 Å². The van der Waals surface area contributed by atoms with E-state index in [-0.39, 0.29) is 27.9 Å². The molecule has 0 saturated carbocycles. The molecule has 1 atom stereocenters. The second-order valence-electron chi connectivity index (χ2n) is 3.45. The first-order valence-corrected chi connectivity index (χ1v) is 5.99. The molecule has 10 N–H and O–H groups in total. The van der Waals surface area contributed by atoms with Gasteiger partial charge in [0, 0.05) is 11.6 Å². The molecular formula is C9H27NO10S. The van der Waals surface area contributed by atoms with Crippen molar-refractivity contribution in [3.05, 3.63) is 11.6 Å². The Morgan fingerprint density at radius 1 is 1.19 bits per heavy atom. The number of carboxylic acid groups (broad SMARTS) is 1. The normalized spacial score (nSPS) is 11.3. The Morgan fingerprint density at radius 2 is 1.48 bits per heavy atom. The zero-order valence-electron chi connectivity index (χ0n) is 12.5. The Balaban J connectivity index is -0.0000000500. The van der Waals surface area contributed by atoms with Crippen LogP contribution in [0.25, 0.3) is 0 Å². The molecule has 11 nitrogen and oxygen atoms in total. The zero-order chi connectivity index (χ0) is 14.2. The summed E-state index contributed by atoms with van der Waals surface area (Å²) >= 11 is 0. The number of rotatable bonds is 4. The van der Waals surface area contributed by atoms with Gasteiger partial charge in [-0.25, -0.2) is 4.79 Å². The summed E-state index contributed by atoms with van der Waals surface area (Å²) in [5.41, 5.74) is 0.395. The highest BCUT2D eigenvalue weighted by atomic mass is 32.3. The highest BCUT2D eigenvalue weighted by Gasteiger charge is 2.04. The van der Waals surface area contributed by atoms with Crippen LogP contribution >= 0.6 is 0 Å². The van der Waals surface area contributed by atoms with Crippen molar-refractivity contribution in [2.75, 3.05) is 21.2 Å². The molecule has 0 spiro atoms. The maximum atomic E-state index is 10.4. The summed E-state index contributed by atoms with van der Waals surface area (Å²) in [6.07, 6.45) is 1.72. The highest BCUT2D eigenvalue weighted by Crippen LogP contribution is 1.99. The van der Waals surface area contributed by atoms with Gasteiger partial charge in [0.15, 0.2) is 0 Å². The minimum Gasteiger partial charge on any atom is -0.478 e. The lowest BCUT2D eigenvalue weighted by Gasteiger charge is -2.15. The van der Waals surface area contributed by atoms with Crippen molar-refractivity contribution in [2.24, 2.45) is 0 Å². The topological polar surface area (TPSA) is 230 Å². The number of carbonyl (C=O) groups is 1. The zero-order valence-corrected chi connectivity index (χ0v) is 13.4. The van der Waals surface area contributed by atoms with Crippen LogP contribution in [0, 0.1) is 0 Å². The fourth-order valence-corrected chi connectivity index (χ4v) is 0.582. The lowest BCUT2D eigenvalue weighted by Crippen LogP contribution is -2.23. The summed E-state index contributed by atoms with van der Waals surface area (Å²) in [5, 5.41) is 8.53. The number of nitrogens with zero attached hydrogens (tertiary/aromatic N) is 1. The second-order valence-corrected chi connectivity index (χ2v) is 4.64. The lowest BCUT2D eigenvalue weighted by atomic mass is 10.2. The molecule has 0 amide bonds. The van der Waals surface area contributed by atoms with Gasteiger partial charge in [0.05, 0.1) is 7.11 Å². The molecule has 0 aliphatic rings. The number of aliphatic carboxylic acids is 1. The molecule has 1 unspecified atom stereocenters. The maximum absolute atomic E-state index is 10.4. The van der Waals surface area contributed by atoms with E-state index in [9.17, 15) is 13.2 Å². The SMILES string of the molecule is CC(=CC(C)N(C)C)C(=O)O.COS(=O)(=O)O.O.O.O.O. The molecule has 0 aromatic carbocycles. The van der Waals surface area contributed by atoms with Crippen LogP contribution in [0.1, 0.15) is 13.8 Å². The van der Waals surface area contributed by atoms with E-state index in [0.717, 1.165) is 7.11 Å². The summed E-state index contributed by atoms with van der Waals surface area (Å²) in [6, 6.07) is 0.172. The average molecular weight is 341 g/mol. The van der Waals surface area contributed by atoms with Gasteiger partial charge in [0.25, 0.3) is 0 Å². The van der Waals surface area contributed by atoms with Crippen molar-refractivity contribution in [2.45, 2.75) is 19.9 Å². The Bertz CT molecular complexity index is 365. The molecule has 0 heterocycles. The quantitative estimate of drug-likeness (QED) is 0.399. The number of carboxylic acids is 1. The summed E-state index contributed by atoms with van der Waals surface area (Å²) in [6.45, 7) is 3.55. The van der Waals surface area contributed by atoms with E-state index >= 15 is 0 Å². The van der Waals surface area contributed by atoms with Gasteiger partial charge in [-0.1, -0.05) is 6.08 Å². The van der Waals surface area contributed by atoms with Crippen LogP contribution in [0.5, 0.6) is 0 Å². The van der Waals surface area contributed by atoms with Crippen LogP contribution in [0.3, 0.4) is 0 Å². The van der Waals surface area contributed by atoms with E-state index in [1.807, 2.05) is 25.9 Å². The van der Waals surface area contributed by atoms with Gasteiger partial charge in [0.1, 0.15) is 0 Å². The third kappa shape index (κ3) is 27.9. The van der Waals surface area contributed by atoms with E-state index in [4.69, 9.17) is 9.66 Å². The molecule has 0 bridgehead atoms. The molecule has 0 radical (unpaired) electrons. The summed E-state index contributed by atoms with van der Waals surface area (Å²) in [5.74, 6) is -0.848. The summed E-state index contributed by atoms with van der Waals surface area (Å²) in [7, 11) is 0.534. The van der Waals surface area contributed by atoms with Crippen LogP contribution in [0.4, 0.5) is 0 Å². The van der Waals surface area contributed by atoms with E-state index < -0.39 is 16.4 Å². The minimum atomic E-state index is -4.16. The number of hydrogen-bond acceptors (Lipinski definition) is 5. The molecule has 0 aromatic rings. The van der Waals surface area contributed by atoms with Crippen LogP contribution < -0.4 is 0 Å². The van der Waals surface area contributed by atoms with Crippen LogP contribution in [-0.4, -0.2) is 78.1 Å². The molecule has 0 aliphatic heterocycles. The van der Waals surface area contributed by atoms with E-state index in [2.05, 4.69) is 4.18 Å². The smallest absolute Gasteiger partial charge is 0.397 e. The van der Waals surface area contributed by atoms with Crippen molar-refractivity contribution >= 4 is 16.4 Å². The molecule has 0 rings (SSSR count). The van der Waals surface area contributed by atoms with Crippen molar-refractivity contribution < 1.29 is 49.0 Å². The van der Waals surface area contributed by atoms with Gasteiger partial charge in [-0.3, -0.25) is 8.74 Å². The first kappa shape index (κ1) is 36.8. The molecule has 0 fully saturated rings. The molecule has 12 heteroatoms. The number of likely N-dealkylation sites (N-methyl/N-ethyl adjacent to an activating group) is 1. The fourth-order valence-electron chi connectivity index (χ4n) is 0.582. The molecular weight excluding hydrogens is 314 g/mol. The van der Waals surface area contributed by atoms with Crippen molar-refractivity contribution in [3.63, 3.8) is 0 Å². The Labute approximate surface area is 124 Å². The molecule has 21 heavy (non-hydrogen) atoms. The van der Waals surface area contributed by atoms with Gasteiger partial charge in [-0.2, -0.15) is 8.42 Å². The van der Waals surface area contributed by atoms with Crippen LogP contribution in [0.2, 0.25) is 0 Å². The van der Waals surface area contributed by atoms with Crippen molar-refractivity contribution in [3.8, 4) is 0 Å². The Morgan fingerprint density at radius 3 is 1.62 bits per heavy atom. The van der Waals surface area contributed by atoms with Gasteiger partial charge < -0.3 is 31.9 Å². The monoisotopic (exact) mass is 341 g/mol. The predicted molar refractivity (Wildman–Crippen MR) is 77.6 cm³/mol. The number of hydrogen-bond donors (Lipinski definition) is 2. The minimum absolute atomic E-state index is 0. The summed E-state index contributed by atoms with van der Waals surface area (Å²) in [4.78, 5) is 12.3. The Hall–Kier alpha value is -1.12. The van der Waals surface area contributed by atoms with Crippen molar-refractivity contribution in [1.29, 1.82) is 0 Å². The molecule has 0 aliphatic carbocycles.